The minimum atomic E-state index is 0.851. The number of piperazine rings is 1. The molecule has 1 aliphatic heterocycles. The highest BCUT2D eigenvalue weighted by Crippen LogP contribution is 2.19. The number of likely N-dealkylation sites (N-methyl/N-ethyl adjacent to an activating group) is 1. The molecule has 1 fully saturated rings. The van der Waals surface area contributed by atoms with Crippen LogP contribution in [-0.2, 0) is 6.54 Å². The van der Waals surface area contributed by atoms with Crippen LogP contribution in [0.3, 0.4) is 0 Å². The zero-order chi connectivity index (χ0) is 14.8. The van der Waals surface area contributed by atoms with Gasteiger partial charge in [0.15, 0.2) is 0 Å². The number of allylic oxidation sites excluding steroid dienone is 2. The van der Waals surface area contributed by atoms with Crippen molar-refractivity contribution >= 4 is 16.7 Å². The summed E-state index contributed by atoms with van der Waals surface area (Å²) in [6.07, 6.45) is 3.56. The van der Waals surface area contributed by atoms with Crippen LogP contribution in [0.1, 0.15) is 5.56 Å². The molecule has 0 radical (unpaired) electrons. The molecule has 0 atom stereocenters. The molecule has 1 aliphatic rings. The average Bonchev–Trinajstić information content (AvgIpc) is 2.92. The number of benzene rings is 1. The van der Waals surface area contributed by atoms with Crippen molar-refractivity contribution in [3.8, 4) is 0 Å². The van der Waals surface area contributed by atoms with Crippen molar-refractivity contribution < 1.29 is 0 Å². The van der Waals surface area contributed by atoms with E-state index in [1.54, 1.807) is 6.08 Å². The summed E-state index contributed by atoms with van der Waals surface area (Å²) in [6.45, 7) is 13.3. The molecule has 0 aliphatic carbocycles. The molecule has 0 amide bonds. The van der Waals surface area contributed by atoms with Crippen molar-refractivity contribution in [3.05, 3.63) is 49.3 Å². The zero-order valence-electron chi connectivity index (χ0n) is 12.6. The molecule has 21 heavy (non-hydrogen) atoms. The van der Waals surface area contributed by atoms with E-state index in [0.29, 0.717) is 0 Å². The summed E-state index contributed by atoms with van der Waals surface area (Å²) in [5.41, 5.74) is 4.28. The zero-order valence-corrected chi connectivity index (χ0v) is 12.6. The molecule has 110 valence electrons. The molecule has 4 nitrogen and oxygen atoms in total. The van der Waals surface area contributed by atoms with Crippen molar-refractivity contribution in [2.75, 3.05) is 33.2 Å². The largest absolute Gasteiger partial charge is 0.304 e. The van der Waals surface area contributed by atoms with Crippen molar-refractivity contribution in [3.63, 3.8) is 0 Å². The number of nitrogens with zero attached hydrogens (tertiary/aromatic N) is 4. The van der Waals surface area contributed by atoms with Crippen LogP contribution < -0.4 is 0 Å². The van der Waals surface area contributed by atoms with Gasteiger partial charge in [0.1, 0.15) is 6.33 Å². The monoisotopic (exact) mass is 282 g/mol. The Labute approximate surface area is 126 Å². The van der Waals surface area contributed by atoms with Crippen LogP contribution in [0.5, 0.6) is 0 Å². The summed E-state index contributed by atoms with van der Waals surface area (Å²) < 4.78 is 1.97. The highest BCUT2D eigenvalue weighted by Gasteiger charge is 2.14. The van der Waals surface area contributed by atoms with E-state index in [9.17, 15) is 0 Å². The van der Waals surface area contributed by atoms with Crippen LogP contribution >= 0.6 is 0 Å². The lowest BCUT2D eigenvalue weighted by Gasteiger charge is -2.32. The first-order chi connectivity index (χ1) is 10.2. The first-order valence-electron chi connectivity index (χ1n) is 7.36. The molecule has 1 aromatic heterocycles. The summed E-state index contributed by atoms with van der Waals surface area (Å²) in [7, 11) is 2.18. The van der Waals surface area contributed by atoms with Gasteiger partial charge in [0.25, 0.3) is 0 Å². The molecule has 0 spiro atoms. The highest BCUT2D eigenvalue weighted by atomic mass is 15.2. The number of imidazole rings is 1. The maximum absolute atomic E-state index is 4.48. The second kappa shape index (κ2) is 5.84. The third-order valence-electron chi connectivity index (χ3n) is 4.16. The van der Waals surface area contributed by atoms with E-state index in [1.807, 2.05) is 10.9 Å². The number of hydrogen-bond acceptors (Lipinski definition) is 3. The van der Waals surface area contributed by atoms with Gasteiger partial charge >= 0.3 is 0 Å². The average molecular weight is 282 g/mol. The molecule has 4 heteroatoms. The molecule has 2 aromatic rings. The number of fused-ring (bicyclic) bond motifs is 1. The van der Waals surface area contributed by atoms with Gasteiger partial charge in [0.2, 0.25) is 0 Å². The predicted octanol–water partition coefficient (Wildman–Crippen LogP) is 2.44. The lowest BCUT2D eigenvalue weighted by Crippen LogP contribution is -2.43. The van der Waals surface area contributed by atoms with Gasteiger partial charge in [-0.3, -0.25) is 9.47 Å². The topological polar surface area (TPSA) is 24.3 Å². The molecule has 2 heterocycles. The van der Waals surface area contributed by atoms with Crippen molar-refractivity contribution in [2.24, 2.45) is 0 Å². The van der Waals surface area contributed by atoms with Gasteiger partial charge in [-0.25, -0.2) is 4.98 Å². The fourth-order valence-electron chi connectivity index (χ4n) is 2.75. The second-order valence-corrected chi connectivity index (χ2v) is 5.71. The van der Waals surface area contributed by atoms with E-state index >= 15 is 0 Å². The van der Waals surface area contributed by atoms with Gasteiger partial charge in [-0.1, -0.05) is 19.2 Å². The standard InChI is InChI=1S/C17H22N4/c1-4-14(2)21-13-18-16-11-15(5-6-17(16)21)12-20-9-7-19(3)8-10-20/h4-6,11,13H,1-2,7-10,12H2,3H3. The lowest BCUT2D eigenvalue weighted by molar-refractivity contribution is 0.148. The molecule has 0 N–H and O–H groups in total. The van der Waals surface area contributed by atoms with E-state index in [0.717, 1.165) is 49.5 Å². The first-order valence-corrected chi connectivity index (χ1v) is 7.36. The van der Waals surface area contributed by atoms with E-state index < -0.39 is 0 Å². The normalized spacial score (nSPS) is 17.2. The first kappa shape index (κ1) is 14.0. The summed E-state index contributed by atoms with van der Waals surface area (Å²) in [5, 5.41) is 0. The Bertz CT molecular complexity index is 662. The van der Waals surface area contributed by atoms with Crippen LogP contribution in [0, 0.1) is 0 Å². The molecule has 1 saturated heterocycles. The van der Waals surface area contributed by atoms with E-state index in [4.69, 9.17) is 0 Å². The smallest absolute Gasteiger partial charge is 0.100 e. The van der Waals surface area contributed by atoms with E-state index in [-0.39, 0.29) is 0 Å². The number of hydrogen-bond donors (Lipinski definition) is 0. The van der Waals surface area contributed by atoms with Crippen LogP contribution in [-0.4, -0.2) is 52.6 Å². The third kappa shape index (κ3) is 2.91. The summed E-state index contributed by atoms with van der Waals surface area (Å²) in [6, 6.07) is 6.50. The molecular formula is C17H22N4. The summed E-state index contributed by atoms with van der Waals surface area (Å²) >= 11 is 0. The Balaban J connectivity index is 1.79. The molecule has 1 aromatic carbocycles. The maximum atomic E-state index is 4.48. The van der Waals surface area contributed by atoms with Gasteiger partial charge in [0.05, 0.1) is 11.0 Å². The van der Waals surface area contributed by atoms with Crippen molar-refractivity contribution in [2.45, 2.75) is 6.54 Å². The highest BCUT2D eigenvalue weighted by molar-refractivity contribution is 5.80. The second-order valence-electron chi connectivity index (χ2n) is 5.71. The molecule has 0 saturated carbocycles. The third-order valence-corrected chi connectivity index (χ3v) is 4.16. The molecule has 0 unspecified atom stereocenters. The van der Waals surface area contributed by atoms with Gasteiger partial charge in [-0.05, 0) is 30.8 Å². The van der Waals surface area contributed by atoms with Crippen LogP contribution in [0.25, 0.3) is 16.7 Å². The summed E-state index contributed by atoms with van der Waals surface area (Å²) in [5.74, 6) is 0. The Kier molecular flexibility index (Phi) is 3.90. The fourth-order valence-corrected chi connectivity index (χ4v) is 2.75. The van der Waals surface area contributed by atoms with Crippen LogP contribution in [0.4, 0.5) is 0 Å². The Morgan fingerprint density at radius 3 is 2.76 bits per heavy atom. The minimum absolute atomic E-state index is 0.851. The van der Waals surface area contributed by atoms with Gasteiger partial charge in [-0.2, -0.15) is 0 Å². The lowest BCUT2D eigenvalue weighted by atomic mass is 10.1. The van der Waals surface area contributed by atoms with Gasteiger partial charge < -0.3 is 4.90 Å². The molecule has 0 bridgehead atoms. The van der Waals surface area contributed by atoms with Crippen molar-refractivity contribution in [1.82, 2.24) is 19.4 Å². The van der Waals surface area contributed by atoms with Crippen molar-refractivity contribution in [1.29, 1.82) is 0 Å². The van der Waals surface area contributed by atoms with E-state index in [1.165, 1.54) is 5.56 Å². The van der Waals surface area contributed by atoms with E-state index in [2.05, 4.69) is 53.2 Å². The Morgan fingerprint density at radius 2 is 2.05 bits per heavy atom. The Hall–Kier alpha value is -1.91. The number of aromatic nitrogens is 2. The minimum Gasteiger partial charge on any atom is -0.304 e. The van der Waals surface area contributed by atoms with Gasteiger partial charge in [-0.15, -0.1) is 0 Å². The van der Waals surface area contributed by atoms with Gasteiger partial charge in [0, 0.05) is 38.4 Å². The Morgan fingerprint density at radius 1 is 1.29 bits per heavy atom. The quantitative estimate of drug-likeness (QED) is 0.805. The van der Waals surface area contributed by atoms with Crippen LogP contribution in [0.2, 0.25) is 0 Å². The maximum Gasteiger partial charge on any atom is 0.100 e. The fraction of sp³-hybridized carbons (Fsp3) is 0.353. The SMILES string of the molecule is C=CC(=C)n1cnc2cc(CN3CCN(C)CC3)ccc21. The number of rotatable bonds is 4. The predicted molar refractivity (Wildman–Crippen MR) is 88.0 cm³/mol. The van der Waals surface area contributed by atoms with Crippen LogP contribution in [0.15, 0.2) is 43.8 Å². The molecule has 3 rings (SSSR count). The summed E-state index contributed by atoms with van der Waals surface area (Å²) in [4.78, 5) is 9.36. The molecular weight excluding hydrogens is 260 g/mol.